The number of nitrogens with zero attached hydrogens (tertiary/aromatic N) is 1. The highest BCUT2D eigenvalue weighted by atomic mass is 16.6. The summed E-state index contributed by atoms with van der Waals surface area (Å²) in [6.45, 7) is 3.85. The lowest BCUT2D eigenvalue weighted by Crippen LogP contribution is -2.46. The van der Waals surface area contributed by atoms with Crippen molar-refractivity contribution in [1.29, 1.82) is 0 Å². The fourth-order valence-corrected chi connectivity index (χ4v) is 3.29. The molecule has 0 radical (unpaired) electrons. The van der Waals surface area contributed by atoms with Crippen molar-refractivity contribution < 1.29 is 19.1 Å². The predicted molar refractivity (Wildman–Crippen MR) is 116 cm³/mol. The molecule has 1 fully saturated rings. The number of nitrogens with one attached hydrogen (secondary N) is 1. The molecule has 0 aliphatic carbocycles. The Morgan fingerprint density at radius 2 is 1.87 bits per heavy atom. The Morgan fingerprint density at radius 1 is 1.10 bits per heavy atom. The van der Waals surface area contributed by atoms with Crippen molar-refractivity contribution in [3.8, 4) is 5.75 Å². The van der Waals surface area contributed by atoms with Crippen molar-refractivity contribution in [2.45, 2.75) is 32.4 Å². The van der Waals surface area contributed by atoms with E-state index in [2.05, 4.69) is 5.32 Å². The summed E-state index contributed by atoms with van der Waals surface area (Å²) in [5.41, 5.74) is 2.00. The van der Waals surface area contributed by atoms with Gasteiger partial charge in [-0.1, -0.05) is 42.5 Å². The van der Waals surface area contributed by atoms with Gasteiger partial charge in [-0.2, -0.15) is 0 Å². The van der Waals surface area contributed by atoms with Gasteiger partial charge in [0, 0.05) is 25.2 Å². The van der Waals surface area contributed by atoms with Crippen LogP contribution in [0.5, 0.6) is 5.75 Å². The van der Waals surface area contributed by atoms with Crippen LogP contribution in [0.2, 0.25) is 0 Å². The smallest absolute Gasteiger partial charge is 0.409 e. The first kappa shape index (κ1) is 21.4. The zero-order chi connectivity index (χ0) is 21.2. The lowest BCUT2D eigenvalue weighted by Gasteiger charge is -2.31. The summed E-state index contributed by atoms with van der Waals surface area (Å²) in [4.78, 5) is 25.7. The zero-order valence-corrected chi connectivity index (χ0v) is 17.3. The van der Waals surface area contributed by atoms with Gasteiger partial charge in [0.1, 0.15) is 12.4 Å². The lowest BCUT2D eigenvalue weighted by atomic mass is 10.1. The molecule has 0 aromatic heterocycles. The second-order valence-electron chi connectivity index (χ2n) is 7.15. The van der Waals surface area contributed by atoms with E-state index in [9.17, 15) is 9.59 Å². The van der Waals surface area contributed by atoms with Crippen LogP contribution < -0.4 is 10.1 Å². The van der Waals surface area contributed by atoms with Crippen molar-refractivity contribution in [2.24, 2.45) is 0 Å². The summed E-state index contributed by atoms with van der Waals surface area (Å²) in [5, 5.41) is 3.01. The summed E-state index contributed by atoms with van der Waals surface area (Å²) < 4.78 is 10.8. The molecular weight excluding hydrogens is 380 g/mol. The van der Waals surface area contributed by atoms with E-state index in [1.165, 1.54) is 6.08 Å². The molecule has 158 valence electrons. The second kappa shape index (κ2) is 11.0. The highest BCUT2D eigenvalue weighted by Crippen LogP contribution is 2.16. The van der Waals surface area contributed by atoms with E-state index in [1.807, 2.05) is 54.6 Å². The molecule has 1 saturated heterocycles. The molecule has 1 aliphatic heterocycles. The Hall–Kier alpha value is -3.28. The average Bonchev–Trinajstić information content (AvgIpc) is 2.78. The van der Waals surface area contributed by atoms with Crippen LogP contribution in [-0.4, -0.2) is 42.6 Å². The van der Waals surface area contributed by atoms with Gasteiger partial charge < -0.3 is 19.7 Å². The molecule has 0 bridgehead atoms. The Kier molecular flexibility index (Phi) is 7.89. The van der Waals surface area contributed by atoms with Crippen molar-refractivity contribution >= 4 is 18.1 Å². The van der Waals surface area contributed by atoms with Gasteiger partial charge in [-0.15, -0.1) is 0 Å². The predicted octanol–water partition coefficient (Wildman–Crippen LogP) is 4.02. The van der Waals surface area contributed by atoms with Crippen LogP contribution >= 0.6 is 0 Å². The third-order valence-corrected chi connectivity index (χ3v) is 4.90. The van der Waals surface area contributed by atoms with Gasteiger partial charge in [0.2, 0.25) is 5.91 Å². The van der Waals surface area contributed by atoms with Crippen LogP contribution in [0.3, 0.4) is 0 Å². The van der Waals surface area contributed by atoms with Crippen LogP contribution in [0.25, 0.3) is 6.08 Å². The van der Waals surface area contributed by atoms with Crippen LogP contribution in [0.15, 0.2) is 60.7 Å². The number of ether oxygens (including phenoxy) is 2. The van der Waals surface area contributed by atoms with Crippen LogP contribution in [0.4, 0.5) is 4.79 Å². The van der Waals surface area contributed by atoms with Crippen LogP contribution in [0.1, 0.15) is 30.9 Å². The first-order valence-electron chi connectivity index (χ1n) is 10.3. The summed E-state index contributed by atoms with van der Waals surface area (Å²) in [7, 11) is 0. The Labute approximate surface area is 177 Å². The van der Waals surface area contributed by atoms with E-state index in [0.717, 1.165) is 29.7 Å². The van der Waals surface area contributed by atoms with Gasteiger partial charge in [-0.05, 0) is 49.1 Å². The minimum Gasteiger partial charge on any atom is -0.489 e. The van der Waals surface area contributed by atoms with Gasteiger partial charge in [-0.3, -0.25) is 4.79 Å². The van der Waals surface area contributed by atoms with Gasteiger partial charge in [0.05, 0.1) is 6.61 Å². The summed E-state index contributed by atoms with van der Waals surface area (Å²) in [5.74, 6) is 0.618. The Bertz CT molecular complexity index is 859. The third kappa shape index (κ3) is 6.65. The number of carbonyl (C=O) groups is 2. The maximum atomic E-state index is 12.3. The van der Waals surface area contributed by atoms with E-state index in [4.69, 9.17) is 9.47 Å². The van der Waals surface area contributed by atoms with Gasteiger partial charge >= 0.3 is 6.09 Å². The zero-order valence-electron chi connectivity index (χ0n) is 17.3. The molecule has 0 atom stereocenters. The van der Waals surface area contributed by atoms with E-state index in [0.29, 0.717) is 26.3 Å². The van der Waals surface area contributed by atoms with Crippen molar-refractivity contribution in [1.82, 2.24) is 10.2 Å². The number of piperidine rings is 1. The number of carbonyl (C=O) groups excluding carboxylic acids is 2. The molecule has 1 N–H and O–H groups in total. The maximum absolute atomic E-state index is 12.3. The second-order valence-corrected chi connectivity index (χ2v) is 7.15. The monoisotopic (exact) mass is 408 g/mol. The van der Waals surface area contributed by atoms with Gasteiger partial charge in [0.15, 0.2) is 0 Å². The molecule has 2 aromatic carbocycles. The Balaban J connectivity index is 1.45. The maximum Gasteiger partial charge on any atom is 0.409 e. The van der Waals surface area contributed by atoms with Crippen LogP contribution in [0, 0.1) is 0 Å². The molecular formula is C24H28N2O4. The summed E-state index contributed by atoms with van der Waals surface area (Å²) >= 11 is 0. The van der Waals surface area contributed by atoms with Gasteiger partial charge in [-0.25, -0.2) is 4.79 Å². The fourth-order valence-electron chi connectivity index (χ4n) is 3.29. The Morgan fingerprint density at radius 3 is 2.60 bits per heavy atom. The van der Waals surface area contributed by atoms with Crippen molar-refractivity contribution in [3.05, 3.63) is 71.8 Å². The molecule has 6 nitrogen and oxygen atoms in total. The quantitative estimate of drug-likeness (QED) is 0.703. The number of benzene rings is 2. The highest BCUT2D eigenvalue weighted by Gasteiger charge is 2.23. The third-order valence-electron chi connectivity index (χ3n) is 4.90. The van der Waals surface area contributed by atoms with Crippen molar-refractivity contribution in [3.63, 3.8) is 0 Å². The lowest BCUT2D eigenvalue weighted by molar-refractivity contribution is -0.117. The molecule has 0 spiro atoms. The summed E-state index contributed by atoms with van der Waals surface area (Å²) in [6.07, 6.45) is 4.48. The summed E-state index contributed by atoms with van der Waals surface area (Å²) in [6, 6.07) is 17.7. The molecule has 1 aliphatic rings. The molecule has 1 heterocycles. The SMILES string of the molecule is CCOC(=O)N1CCC(NC(=O)/C=C/c2cccc(OCc3ccccc3)c2)CC1. The standard InChI is InChI=1S/C24H28N2O4/c1-2-29-24(28)26-15-13-21(14-16-26)25-23(27)12-11-19-9-6-10-22(17-19)30-18-20-7-4-3-5-8-20/h3-12,17,21H,2,13-16,18H2,1H3,(H,25,27)/b12-11+. The minimum absolute atomic E-state index is 0.0633. The number of rotatable bonds is 7. The van der Waals surface area contributed by atoms with Gasteiger partial charge in [0.25, 0.3) is 0 Å². The molecule has 0 saturated carbocycles. The van der Waals surface area contributed by atoms with Crippen LogP contribution in [-0.2, 0) is 16.1 Å². The minimum atomic E-state index is -0.281. The van der Waals surface area contributed by atoms with E-state index in [-0.39, 0.29) is 18.0 Å². The first-order valence-corrected chi connectivity index (χ1v) is 10.3. The van der Waals surface area contributed by atoms with E-state index < -0.39 is 0 Å². The molecule has 30 heavy (non-hydrogen) atoms. The molecule has 0 unspecified atom stereocenters. The number of hydrogen-bond donors (Lipinski definition) is 1. The molecule has 3 rings (SSSR count). The van der Waals surface area contributed by atoms with Crippen molar-refractivity contribution in [2.75, 3.05) is 19.7 Å². The normalized spacial score (nSPS) is 14.5. The number of likely N-dealkylation sites (tertiary alicyclic amines) is 1. The average molecular weight is 408 g/mol. The number of amides is 2. The first-order chi connectivity index (χ1) is 14.6. The highest BCUT2D eigenvalue weighted by molar-refractivity contribution is 5.92. The topological polar surface area (TPSA) is 67.9 Å². The molecule has 2 amide bonds. The van der Waals surface area contributed by atoms with E-state index in [1.54, 1.807) is 17.9 Å². The number of hydrogen-bond acceptors (Lipinski definition) is 4. The fraction of sp³-hybridized carbons (Fsp3) is 0.333. The van der Waals surface area contributed by atoms with E-state index >= 15 is 0 Å². The largest absolute Gasteiger partial charge is 0.489 e. The molecule has 6 heteroatoms. The molecule has 2 aromatic rings.